The number of nitrogens with zero attached hydrogens (tertiary/aromatic N) is 1. The highest BCUT2D eigenvalue weighted by Gasteiger charge is 2.23. The molecule has 0 amide bonds. The second kappa shape index (κ2) is 6.16. The van der Waals surface area contributed by atoms with Crippen LogP contribution in [0, 0.1) is 24.0 Å². The average Bonchev–Trinajstić information content (AvgIpc) is 2.38. The molecule has 21 heavy (non-hydrogen) atoms. The van der Waals surface area contributed by atoms with Gasteiger partial charge >= 0.3 is 5.97 Å². The van der Waals surface area contributed by atoms with Gasteiger partial charge < -0.3 is 10.2 Å². The average molecular weight is 318 g/mol. The van der Waals surface area contributed by atoms with E-state index >= 15 is 0 Å². The molecule has 0 aromatic heterocycles. The highest BCUT2D eigenvalue weighted by atomic mass is 32.2. The maximum absolute atomic E-state index is 12.0. The summed E-state index contributed by atoms with van der Waals surface area (Å²) < 4.78 is 25.8. The van der Waals surface area contributed by atoms with Crippen LogP contribution in [0.15, 0.2) is 17.0 Å². The first-order chi connectivity index (χ1) is 9.56. The van der Waals surface area contributed by atoms with Gasteiger partial charge in [0.1, 0.15) is 0 Å². The SMILES string of the molecule is Cc1cc(S(=O)(=O)NC[C@H](O)C(=O)O)cc([N+](=O)[O-])c1C. The van der Waals surface area contributed by atoms with Crippen LogP contribution in [0.4, 0.5) is 5.69 Å². The second-order valence-electron chi connectivity index (χ2n) is 4.35. The molecule has 0 radical (unpaired) electrons. The van der Waals surface area contributed by atoms with Crippen LogP contribution in [0.5, 0.6) is 0 Å². The first-order valence-electron chi connectivity index (χ1n) is 5.72. The normalized spacial score (nSPS) is 12.9. The zero-order chi connectivity index (χ0) is 16.4. The number of carboxylic acids is 1. The third-order valence-corrected chi connectivity index (χ3v) is 4.28. The number of hydrogen-bond acceptors (Lipinski definition) is 6. The van der Waals surface area contributed by atoms with Gasteiger partial charge in [-0.15, -0.1) is 0 Å². The lowest BCUT2D eigenvalue weighted by atomic mass is 10.1. The zero-order valence-electron chi connectivity index (χ0n) is 11.2. The zero-order valence-corrected chi connectivity index (χ0v) is 12.0. The monoisotopic (exact) mass is 318 g/mol. The van der Waals surface area contributed by atoms with Crippen LogP contribution in [0.1, 0.15) is 11.1 Å². The summed E-state index contributed by atoms with van der Waals surface area (Å²) in [4.78, 5) is 20.2. The molecule has 1 atom stereocenters. The van der Waals surface area contributed by atoms with Gasteiger partial charge in [-0.1, -0.05) is 0 Å². The van der Waals surface area contributed by atoms with Gasteiger partial charge in [-0.2, -0.15) is 0 Å². The molecule has 10 heteroatoms. The first kappa shape index (κ1) is 17.0. The maximum Gasteiger partial charge on any atom is 0.333 e. The van der Waals surface area contributed by atoms with Gasteiger partial charge in [-0.25, -0.2) is 17.9 Å². The molecule has 0 aliphatic heterocycles. The van der Waals surface area contributed by atoms with Crippen LogP contribution in [0.25, 0.3) is 0 Å². The molecule has 9 nitrogen and oxygen atoms in total. The third kappa shape index (κ3) is 3.97. The minimum atomic E-state index is -4.16. The Morgan fingerprint density at radius 2 is 2.00 bits per heavy atom. The summed E-state index contributed by atoms with van der Waals surface area (Å²) in [6, 6.07) is 2.12. The smallest absolute Gasteiger partial charge is 0.333 e. The highest BCUT2D eigenvalue weighted by molar-refractivity contribution is 7.89. The Morgan fingerprint density at radius 1 is 1.43 bits per heavy atom. The van der Waals surface area contributed by atoms with Crippen LogP contribution in [-0.2, 0) is 14.8 Å². The molecule has 0 aliphatic carbocycles. The van der Waals surface area contributed by atoms with Crippen molar-refractivity contribution in [2.75, 3.05) is 6.54 Å². The summed E-state index contributed by atoms with van der Waals surface area (Å²) in [5.74, 6) is -1.58. The van der Waals surface area contributed by atoms with Gasteiger partial charge in [0, 0.05) is 18.2 Å². The number of nitrogens with one attached hydrogen (secondary N) is 1. The van der Waals surface area contributed by atoms with Crippen molar-refractivity contribution in [1.82, 2.24) is 4.72 Å². The Hall–Kier alpha value is -2.04. The van der Waals surface area contributed by atoms with Crippen LogP contribution < -0.4 is 4.72 Å². The van der Waals surface area contributed by atoms with Crippen LogP contribution in [0.2, 0.25) is 0 Å². The lowest BCUT2D eigenvalue weighted by molar-refractivity contribution is -0.385. The molecule has 1 rings (SSSR count). The lowest BCUT2D eigenvalue weighted by Gasteiger charge is -2.10. The number of nitro benzene ring substituents is 1. The number of nitro groups is 1. The molecule has 3 N–H and O–H groups in total. The minimum Gasteiger partial charge on any atom is -0.479 e. The van der Waals surface area contributed by atoms with Crippen LogP contribution in [0.3, 0.4) is 0 Å². The Morgan fingerprint density at radius 3 is 2.48 bits per heavy atom. The molecule has 0 saturated carbocycles. The molecule has 0 saturated heterocycles. The van der Waals surface area contributed by atoms with Crippen LogP contribution in [-0.4, -0.2) is 42.2 Å². The van der Waals surface area contributed by atoms with Gasteiger partial charge in [0.25, 0.3) is 5.69 Å². The number of aryl methyl sites for hydroxylation is 1. The van der Waals surface area contributed by atoms with E-state index < -0.39 is 33.6 Å². The summed E-state index contributed by atoms with van der Waals surface area (Å²) in [6.45, 7) is 2.28. The topological polar surface area (TPSA) is 147 Å². The van der Waals surface area contributed by atoms with Crippen molar-refractivity contribution in [3.05, 3.63) is 33.4 Å². The summed E-state index contributed by atoms with van der Waals surface area (Å²) in [7, 11) is -4.16. The van der Waals surface area contributed by atoms with Gasteiger partial charge in [0.15, 0.2) is 6.10 Å². The molecule has 0 bridgehead atoms. The Balaban J connectivity index is 3.15. The van der Waals surface area contributed by atoms with E-state index in [1.807, 2.05) is 4.72 Å². The summed E-state index contributed by atoms with van der Waals surface area (Å²) in [5, 5.41) is 28.4. The standard InChI is InChI=1S/C11H14N2O7S/c1-6-3-8(4-9(7(6)2)13(17)18)21(19,20)12-5-10(14)11(15)16/h3-4,10,12,14H,5H2,1-2H3,(H,15,16)/t10-/m0/s1. The number of aliphatic hydroxyl groups excluding tert-OH is 1. The number of carbonyl (C=O) groups is 1. The van der Waals surface area contributed by atoms with Crippen molar-refractivity contribution >= 4 is 21.7 Å². The fourth-order valence-electron chi connectivity index (χ4n) is 1.51. The molecular formula is C11H14N2O7S. The predicted octanol–water partition coefficient (Wildman–Crippen LogP) is -0.0646. The molecule has 0 heterocycles. The maximum atomic E-state index is 12.0. The molecule has 0 spiro atoms. The van der Waals surface area contributed by atoms with Crippen molar-refractivity contribution in [3.63, 3.8) is 0 Å². The van der Waals surface area contributed by atoms with E-state index in [-0.39, 0.29) is 10.6 Å². The quantitative estimate of drug-likeness (QED) is 0.491. The lowest BCUT2D eigenvalue weighted by Crippen LogP contribution is -2.36. The first-order valence-corrected chi connectivity index (χ1v) is 7.20. The highest BCUT2D eigenvalue weighted by Crippen LogP contribution is 2.25. The van der Waals surface area contributed by atoms with Crippen molar-refractivity contribution < 1.29 is 28.3 Å². The van der Waals surface area contributed by atoms with Crippen molar-refractivity contribution in [2.24, 2.45) is 0 Å². The largest absolute Gasteiger partial charge is 0.479 e. The number of rotatable bonds is 6. The predicted molar refractivity (Wildman–Crippen MR) is 71.4 cm³/mol. The van der Waals surface area contributed by atoms with E-state index in [1.165, 1.54) is 19.9 Å². The fraction of sp³-hybridized carbons (Fsp3) is 0.364. The van der Waals surface area contributed by atoms with Crippen molar-refractivity contribution in [2.45, 2.75) is 24.8 Å². The van der Waals surface area contributed by atoms with E-state index in [0.29, 0.717) is 11.1 Å². The van der Waals surface area contributed by atoms with E-state index in [9.17, 15) is 23.3 Å². The number of carboxylic acid groups (broad SMARTS) is 1. The van der Waals surface area contributed by atoms with Gasteiger partial charge in [0.05, 0.1) is 9.82 Å². The van der Waals surface area contributed by atoms with Crippen molar-refractivity contribution in [1.29, 1.82) is 0 Å². The van der Waals surface area contributed by atoms with Gasteiger partial charge in [-0.3, -0.25) is 10.1 Å². The minimum absolute atomic E-state index is 0.338. The molecule has 0 aliphatic rings. The van der Waals surface area contributed by atoms with Gasteiger partial charge in [-0.05, 0) is 25.5 Å². The van der Waals surface area contributed by atoms with E-state index in [1.54, 1.807) is 0 Å². The van der Waals surface area contributed by atoms with E-state index in [4.69, 9.17) is 10.2 Å². The number of sulfonamides is 1. The summed E-state index contributed by atoms with van der Waals surface area (Å²) in [6.07, 6.45) is -1.90. The van der Waals surface area contributed by atoms with E-state index in [2.05, 4.69) is 0 Å². The molecule has 0 fully saturated rings. The Bertz CT molecular complexity index is 684. The summed E-state index contributed by atoms with van der Waals surface area (Å²) in [5.41, 5.74) is 0.391. The van der Waals surface area contributed by atoms with Crippen LogP contribution >= 0.6 is 0 Å². The fourth-order valence-corrected chi connectivity index (χ4v) is 2.66. The molecular weight excluding hydrogens is 304 g/mol. The Kier molecular flexibility index (Phi) is 4.99. The number of aliphatic hydroxyl groups is 1. The van der Waals surface area contributed by atoms with E-state index in [0.717, 1.165) is 6.07 Å². The second-order valence-corrected chi connectivity index (χ2v) is 6.11. The molecule has 116 valence electrons. The summed E-state index contributed by atoms with van der Waals surface area (Å²) >= 11 is 0. The number of benzene rings is 1. The number of hydrogen-bond donors (Lipinski definition) is 3. The Labute approximate surface area is 120 Å². The number of aliphatic carboxylic acids is 1. The third-order valence-electron chi connectivity index (χ3n) is 2.87. The molecule has 1 aromatic rings. The molecule has 0 unspecified atom stereocenters. The molecule has 1 aromatic carbocycles. The van der Waals surface area contributed by atoms with Crippen molar-refractivity contribution in [3.8, 4) is 0 Å². The van der Waals surface area contributed by atoms with Gasteiger partial charge in [0.2, 0.25) is 10.0 Å².